The maximum absolute atomic E-state index is 15.0. The first kappa shape index (κ1) is 21.3. The van der Waals surface area contributed by atoms with E-state index >= 15 is 4.39 Å². The molecule has 0 spiro atoms. The summed E-state index contributed by atoms with van der Waals surface area (Å²) in [5, 5.41) is 16.7. The van der Waals surface area contributed by atoms with Crippen molar-refractivity contribution in [2.45, 2.75) is 56.7 Å². The normalized spacial score (nSPS) is 32.6. The third-order valence-corrected chi connectivity index (χ3v) is 10.7. The van der Waals surface area contributed by atoms with Crippen molar-refractivity contribution in [3.8, 4) is 11.3 Å². The number of aliphatic hydroxyl groups is 1. The molecule has 2 unspecified atom stereocenters. The monoisotopic (exact) mass is 500 g/mol. The van der Waals surface area contributed by atoms with E-state index in [2.05, 4.69) is 33.1 Å². The van der Waals surface area contributed by atoms with Gasteiger partial charge in [-0.2, -0.15) is 0 Å². The van der Waals surface area contributed by atoms with Crippen molar-refractivity contribution in [1.29, 1.82) is 0 Å². The van der Waals surface area contributed by atoms with Crippen molar-refractivity contribution in [3.05, 3.63) is 66.4 Å². The molecular weight excluding hydrogens is 471 g/mol. The maximum atomic E-state index is 15.0. The molecule has 4 atom stereocenters. The van der Waals surface area contributed by atoms with Crippen LogP contribution in [0.5, 0.6) is 0 Å². The van der Waals surface area contributed by atoms with Crippen LogP contribution >= 0.6 is 11.3 Å². The van der Waals surface area contributed by atoms with Gasteiger partial charge >= 0.3 is 0 Å². The van der Waals surface area contributed by atoms with Crippen molar-refractivity contribution in [2.24, 2.45) is 23.2 Å². The number of anilines is 1. The summed E-state index contributed by atoms with van der Waals surface area (Å²) in [6.45, 7) is 0. The molecule has 2 N–H and O–H groups in total. The highest BCUT2D eigenvalue weighted by Gasteiger charge is 2.58. The molecule has 0 amide bonds. The lowest BCUT2D eigenvalue weighted by molar-refractivity contribution is -0.129. The molecule has 1 aliphatic heterocycles. The second-order valence-corrected chi connectivity index (χ2v) is 12.7. The largest absolute Gasteiger partial charge is 0.392 e. The van der Waals surface area contributed by atoms with Gasteiger partial charge in [0.25, 0.3) is 0 Å². The summed E-state index contributed by atoms with van der Waals surface area (Å²) in [4.78, 5) is 9.18. The maximum Gasteiger partial charge on any atom is 0.184 e. The number of nitrogens with zero attached hydrogens (tertiary/aromatic N) is 3. The molecule has 0 radical (unpaired) electrons. The molecule has 4 aliphatic carbocycles. The Labute approximate surface area is 213 Å². The summed E-state index contributed by atoms with van der Waals surface area (Å²) in [5.41, 5.74) is 3.57. The Balaban J connectivity index is 1.06. The van der Waals surface area contributed by atoms with Crippen LogP contribution in [0.15, 0.2) is 55.0 Å². The van der Waals surface area contributed by atoms with Crippen LogP contribution in [0.3, 0.4) is 0 Å². The number of rotatable bonds is 5. The number of nitrogens with one attached hydrogen (secondary N) is 1. The summed E-state index contributed by atoms with van der Waals surface area (Å²) in [5.74, 6) is 1.60. The van der Waals surface area contributed by atoms with Gasteiger partial charge in [0, 0.05) is 17.2 Å². The Morgan fingerprint density at radius 1 is 1.11 bits per heavy atom. The third-order valence-electron chi connectivity index (χ3n) is 9.72. The molecule has 36 heavy (non-hydrogen) atoms. The number of halogens is 1. The smallest absolute Gasteiger partial charge is 0.184 e. The lowest BCUT2D eigenvalue weighted by Crippen LogP contribution is -2.59. The Bertz CT molecular complexity index is 1430. The van der Waals surface area contributed by atoms with Crippen LogP contribution in [-0.2, 0) is 0 Å². The minimum absolute atomic E-state index is 0.0724. The third kappa shape index (κ3) is 3.02. The topological polar surface area (TPSA) is 63.0 Å². The van der Waals surface area contributed by atoms with E-state index in [1.807, 2.05) is 18.3 Å². The number of hydrogen-bond acceptors (Lipinski definition) is 5. The fourth-order valence-electron chi connectivity index (χ4n) is 8.50. The van der Waals surface area contributed by atoms with Gasteiger partial charge < -0.3 is 15.0 Å². The minimum Gasteiger partial charge on any atom is -0.392 e. The molecule has 4 saturated carbocycles. The molecule has 9 rings (SSSR count). The Morgan fingerprint density at radius 2 is 1.94 bits per heavy atom. The van der Waals surface area contributed by atoms with Crippen LogP contribution in [0.2, 0.25) is 0 Å². The highest BCUT2D eigenvalue weighted by molar-refractivity contribution is 7.22. The van der Waals surface area contributed by atoms with Crippen molar-refractivity contribution in [3.63, 3.8) is 0 Å². The van der Waals surface area contributed by atoms with Gasteiger partial charge in [0.1, 0.15) is 5.82 Å². The van der Waals surface area contributed by atoms with E-state index in [0.29, 0.717) is 35.8 Å². The van der Waals surface area contributed by atoms with Gasteiger partial charge in [-0.25, -0.2) is 14.4 Å². The quantitative estimate of drug-likeness (QED) is 0.340. The second-order valence-electron chi connectivity index (χ2n) is 11.6. The van der Waals surface area contributed by atoms with Crippen molar-refractivity contribution in [1.82, 2.24) is 14.5 Å². The van der Waals surface area contributed by atoms with Crippen LogP contribution < -0.4 is 5.32 Å². The first-order valence-electron chi connectivity index (χ1n) is 13.2. The number of aliphatic hydroxyl groups excluding tert-OH is 1. The van der Waals surface area contributed by atoms with E-state index in [0.717, 1.165) is 41.2 Å². The Kier molecular flexibility index (Phi) is 4.51. The highest BCUT2D eigenvalue weighted by atomic mass is 32.1. The molecule has 5 nitrogen and oxygen atoms in total. The van der Waals surface area contributed by atoms with Crippen molar-refractivity contribution in [2.75, 3.05) is 5.32 Å². The highest BCUT2D eigenvalue weighted by Crippen LogP contribution is 2.63. The molecular formula is C29H29FN4OS. The molecule has 4 aromatic rings. The van der Waals surface area contributed by atoms with E-state index < -0.39 is 6.10 Å². The molecule has 5 aliphatic rings. The van der Waals surface area contributed by atoms with Gasteiger partial charge in [0.15, 0.2) is 5.13 Å². The summed E-state index contributed by atoms with van der Waals surface area (Å²) >= 11 is 1.74. The van der Waals surface area contributed by atoms with Crippen LogP contribution in [0.1, 0.15) is 50.1 Å². The number of aromatic nitrogens is 3. The van der Waals surface area contributed by atoms with Gasteiger partial charge in [-0.15, -0.1) is 0 Å². The fourth-order valence-corrected chi connectivity index (χ4v) is 9.41. The predicted octanol–water partition coefficient (Wildman–Crippen LogP) is 6.26. The number of imidazole rings is 1. The van der Waals surface area contributed by atoms with Gasteiger partial charge in [-0.3, -0.25) is 0 Å². The zero-order valence-corrected chi connectivity index (χ0v) is 20.8. The van der Waals surface area contributed by atoms with Crippen LogP contribution in [0.4, 0.5) is 9.52 Å². The number of thiazole rings is 1. The van der Waals surface area contributed by atoms with Gasteiger partial charge in [0.2, 0.25) is 0 Å². The summed E-state index contributed by atoms with van der Waals surface area (Å²) in [7, 11) is 0. The van der Waals surface area contributed by atoms with Crippen molar-refractivity contribution < 1.29 is 9.50 Å². The molecule has 184 valence electrons. The lowest BCUT2D eigenvalue weighted by atomic mass is 9.46. The summed E-state index contributed by atoms with van der Waals surface area (Å²) in [6, 6.07) is 13.8. The van der Waals surface area contributed by atoms with Gasteiger partial charge in [-0.05, 0) is 79.9 Å². The standard InChI is InChI=1S/C29H29FN4OS/c30-20-5-3-4-19-23-14-31-15-34(23)22(26(19)20)10-25(35)29-11-16-8-17(12-29)27(18(9-16)13-29)33-28-32-21-6-1-2-7-24(21)36-28/h1-7,14-18,22,25,27,35H,8-13H2,(H,32,33)/t16?,17?,18?,22-,25+,27?,29?/m1/s1. The average molecular weight is 501 g/mol. The van der Waals surface area contributed by atoms with Crippen molar-refractivity contribution >= 4 is 26.7 Å². The zero-order chi connectivity index (χ0) is 24.0. The van der Waals surface area contributed by atoms with Crippen LogP contribution in [0, 0.1) is 29.0 Å². The van der Waals surface area contributed by atoms with Crippen LogP contribution in [-0.4, -0.2) is 31.8 Å². The number of para-hydroxylation sites is 1. The number of benzene rings is 2. The van der Waals surface area contributed by atoms with Crippen LogP contribution in [0.25, 0.3) is 21.5 Å². The molecule has 4 bridgehead atoms. The molecule has 2 aromatic carbocycles. The summed E-state index contributed by atoms with van der Waals surface area (Å²) < 4.78 is 18.3. The molecule has 3 heterocycles. The zero-order valence-electron chi connectivity index (χ0n) is 20.0. The van der Waals surface area contributed by atoms with Gasteiger partial charge in [0.05, 0.1) is 40.6 Å². The lowest BCUT2D eigenvalue weighted by Gasteiger charge is -2.61. The Hall–Kier alpha value is -2.77. The van der Waals surface area contributed by atoms with E-state index in [-0.39, 0.29) is 17.3 Å². The minimum atomic E-state index is -0.459. The van der Waals surface area contributed by atoms with E-state index in [4.69, 9.17) is 4.98 Å². The van der Waals surface area contributed by atoms with E-state index in [1.165, 1.54) is 17.5 Å². The first-order valence-corrected chi connectivity index (χ1v) is 14.0. The number of hydrogen-bond donors (Lipinski definition) is 2. The van der Waals surface area contributed by atoms with E-state index in [1.54, 1.807) is 29.8 Å². The second kappa shape index (κ2) is 7.62. The number of fused-ring (bicyclic) bond motifs is 4. The average Bonchev–Trinajstić information content (AvgIpc) is 3.57. The predicted molar refractivity (Wildman–Crippen MR) is 139 cm³/mol. The molecule has 7 heteroatoms. The fraction of sp³-hybridized carbons (Fsp3) is 0.448. The Morgan fingerprint density at radius 3 is 2.78 bits per heavy atom. The summed E-state index contributed by atoms with van der Waals surface area (Å²) in [6.07, 6.45) is 9.34. The van der Waals surface area contributed by atoms with E-state index in [9.17, 15) is 5.11 Å². The first-order chi connectivity index (χ1) is 17.6. The molecule has 4 fully saturated rings. The molecule has 0 saturated heterocycles. The SMILES string of the molecule is O[C@@H](C[C@@H]1c2c(F)cccc2-c2cncn21)C12CC3CC(C1)C(Nc1nc4ccccc4s1)C(C3)C2. The van der Waals surface area contributed by atoms with Gasteiger partial charge in [-0.1, -0.05) is 35.6 Å². The molecule has 2 aromatic heterocycles.